The van der Waals surface area contributed by atoms with Gasteiger partial charge in [0.25, 0.3) is 10.0 Å². The minimum absolute atomic E-state index is 0.153. The first-order chi connectivity index (χ1) is 15.4. The quantitative estimate of drug-likeness (QED) is 0.611. The van der Waals surface area contributed by atoms with Gasteiger partial charge < -0.3 is 4.74 Å². The Kier molecular flexibility index (Phi) is 5.96. The summed E-state index contributed by atoms with van der Waals surface area (Å²) >= 11 is 0. The zero-order valence-corrected chi connectivity index (χ0v) is 18.5. The molecule has 0 spiro atoms. The molecule has 3 aromatic rings. The van der Waals surface area contributed by atoms with E-state index in [0.29, 0.717) is 12.1 Å². The third kappa shape index (κ3) is 4.50. The standard InChI is InChI=1S/C24H23N3O4S/c1-17(28)27-24(19-7-6-8-21(15-19)31-2)16-23(25-27)18-11-13-20(14-12-18)26-32(29,30)22-9-4-3-5-10-22/h3-15,24,26H,16H2,1-2H3. The van der Waals surface area contributed by atoms with Crippen LogP contribution in [0.2, 0.25) is 0 Å². The van der Waals surface area contributed by atoms with Gasteiger partial charge >= 0.3 is 0 Å². The van der Waals surface area contributed by atoms with Crippen LogP contribution in [0.1, 0.15) is 30.5 Å². The Bertz CT molecular complexity index is 1260. The largest absolute Gasteiger partial charge is 0.497 e. The highest BCUT2D eigenvalue weighted by atomic mass is 32.2. The summed E-state index contributed by atoms with van der Waals surface area (Å²) in [7, 11) is -2.06. The second kappa shape index (κ2) is 8.84. The molecule has 0 fully saturated rings. The molecule has 1 amide bonds. The van der Waals surface area contributed by atoms with Crippen LogP contribution in [-0.4, -0.2) is 32.2 Å². The highest BCUT2D eigenvalue weighted by Crippen LogP contribution is 2.34. The molecule has 1 aliphatic heterocycles. The highest BCUT2D eigenvalue weighted by Gasteiger charge is 2.31. The zero-order valence-electron chi connectivity index (χ0n) is 17.7. The molecule has 1 heterocycles. The number of ether oxygens (including phenoxy) is 1. The van der Waals surface area contributed by atoms with Crippen LogP contribution >= 0.6 is 0 Å². The Hall–Kier alpha value is -3.65. The van der Waals surface area contributed by atoms with E-state index in [1.54, 1.807) is 61.7 Å². The van der Waals surface area contributed by atoms with Crippen molar-refractivity contribution >= 4 is 27.3 Å². The second-order valence-corrected chi connectivity index (χ2v) is 9.09. The lowest BCUT2D eigenvalue weighted by atomic mass is 9.98. The van der Waals surface area contributed by atoms with Crippen LogP contribution in [0.5, 0.6) is 5.75 Å². The lowest BCUT2D eigenvalue weighted by molar-refractivity contribution is -0.130. The van der Waals surface area contributed by atoms with E-state index in [1.807, 2.05) is 24.3 Å². The highest BCUT2D eigenvalue weighted by molar-refractivity contribution is 7.92. The number of hydrogen-bond acceptors (Lipinski definition) is 5. The van der Waals surface area contributed by atoms with Crippen LogP contribution in [0.15, 0.2) is 88.9 Å². The number of carbonyl (C=O) groups excluding carboxylic acids is 1. The molecule has 1 atom stereocenters. The van der Waals surface area contributed by atoms with Gasteiger partial charge in [0.2, 0.25) is 5.91 Å². The fourth-order valence-corrected chi connectivity index (χ4v) is 4.71. The Morgan fingerprint density at radius 1 is 1.03 bits per heavy atom. The van der Waals surface area contributed by atoms with Crippen molar-refractivity contribution in [1.82, 2.24) is 5.01 Å². The summed E-state index contributed by atoms with van der Waals surface area (Å²) in [5.74, 6) is 0.564. The molecule has 1 aliphatic rings. The Morgan fingerprint density at radius 2 is 1.75 bits per heavy atom. The van der Waals surface area contributed by atoms with Gasteiger partial charge in [0.1, 0.15) is 5.75 Å². The molecule has 8 heteroatoms. The van der Waals surface area contributed by atoms with Crippen LogP contribution in [0, 0.1) is 0 Å². The second-order valence-electron chi connectivity index (χ2n) is 7.40. The molecule has 4 rings (SSSR count). The maximum Gasteiger partial charge on any atom is 0.261 e. The van der Waals surface area contributed by atoms with Crippen molar-refractivity contribution in [2.45, 2.75) is 24.3 Å². The van der Waals surface area contributed by atoms with Crippen molar-refractivity contribution in [2.75, 3.05) is 11.8 Å². The van der Waals surface area contributed by atoms with E-state index in [9.17, 15) is 13.2 Å². The van der Waals surface area contributed by atoms with E-state index in [1.165, 1.54) is 11.9 Å². The number of benzene rings is 3. The van der Waals surface area contributed by atoms with Gasteiger partial charge in [-0.1, -0.05) is 42.5 Å². The number of anilines is 1. The molecule has 0 aromatic heterocycles. The molecule has 3 aromatic carbocycles. The van der Waals surface area contributed by atoms with Gasteiger partial charge in [-0.3, -0.25) is 9.52 Å². The number of rotatable bonds is 6. The minimum atomic E-state index is -3.66. The van der Waals surface area contributed by atoms with Gasteiger partial charge in [-0.25, -0.2) is 13.4 Å². The van der Waals surface area contributed by atoms with Crippen molar-refractivity contribution < 1.29 is 17.9 Å². The molecule has 0 saturated carbocycles. The number of amides is 1. The minimum Gasteiger partial charge on any atom is -0.497 e. The lowest BCUT2D eigenvalue weighted by Gasteiger charge is -2.20. The van der Waals surface area contributed by atoms with Crippen LogP contribution < -0.4 is 9.46 Å². The topological polar surface area (TPSA) is 88.1 Å². The smallest absolute Gasteiger partial charge is 0.261 e. The maximum atomic E-state index is 12.5. The van der Waals surface area contributed by atoms with E-state index in [2.05, 4.69) is 9.82 Å². The number of nitrogens with one attached hydrogen (secondary N) is 1. The summed E-state index contributed by atoms with van der Waals surface area (Å²) in [5, 5.41) is 6.03. The van der Waals surface area contributed by atoms with Crippen molar-refractivity contribution in [3.8, 4) is 5.75 Å². The molecule has 32 heavy (non-hydrogen) atoms. The van der Waals surface area contributed by atoms with E-state index in [-0.39, 0.29) is 16.8 Å². The van der Waals surface area contributed by atoms with Gasteiger partial charge in [-0.2, -0.15) is 5.10 Å². The van der Waals surface area contributed by atoms with Crippen molar-refractivity contribution in [2.24, 2.45) is 5.10 Å². The molecular weight excluding hydrogens is 426 g/mol. The predicted molar refractivity (Wildman–Crippen MR) is 123 cm³/mol. The van der Waals surface area contributed by atoms with Crippen molar-refractivity contribution in [3.05, 3.63) is 90.0 Å². The molecular formula is C24H23N3O4S. The van der Waals surface area contributed by atoms with Gasteiger partial charge in [-0.15, -0.1) is 0 Å². The first kappa shape index (κ1) is 21.6. The monoisotopic (exact) mass is 449 g/mol. The number of sulfonamides is 1. The third-order valence-corrected chi connectivity index (χ3v) is 6.63. The van der Waals surface area contributed by atoms with E-state index in [4.69, 9.17) is 4.74 Å². The maximum absolute atomic E-state index is 12.5. The van der Waals surface area contributed by atoms with Gasteiger partial charge in [0, 0.05) is 19.0 Å². The summed E-state index contributed by atoms with van der Waals surface area (Å²) in [5.41, 5.74) is 2.96. The number of methoxy groups -OCH3 is 1. The summed E-state index contributed by atoms with van der Waals surface area (Å²) < 4.78 is 32.9. The Morgan fingerprint density at radius 3 is 2.41 bits per heavy atom. The average Bonchev–Trinajstić information content (AvgIpc) is 3.26. The van der Waals surface area contributed by atoms with Gasteiger partial charge in [-0.05, 0) is 47.5 Å². The summed E-state index contributed by atoms with van der Waals surface area (Å²) in [4.78, 5) is 12.4. The number of hydrazone groups is 1. The van der Waals surface area contributed by atoms with E-state index in [0.717, 1.165) is 22.6 Å². The first-order valence-electron chi connectivity index (χ1n) is 10.1. The number of nitrogens with zero attached hydrogens (tertiary/aromatic N) is 2. The summed E-state index contributed by atoms with van der Waals surface area (Å²) in [6.45, 7) is 1.49. The molecule has 0 radical (unpaired) electrons. The molecule has 0 aliphatic carbocycles. The van der Waals surface area contributed by atoms with Crippen molar-refractivity contribution in [1.29, 1.82) is 0 Å². The Labute approximate surface area is 187 Å². The fourth-order valence-electron chi connectivity index (χ4n) is 3.63. The molecule has 164 valence electrons. The normalized spacial score (nSPS) is 15.9. The number of carbonyl (C=O) groups is 1. The average molecular weight is 450 g/mol. The molecule has 1 unspecified atom stereocenters. The predicted octanol–water partition coefficient (Wildman–Crippen LogP) is 4.19. The third-order valence-electron chi connectivity index (χ3n) is 5.24. The zero-order chi connectivity index (χ0) is 22.7. The molecule has 0 bridgehead atoms. The number of hydrogen-bond donors (Lipinski definition) is 1. The van der Waals surface area contributed by atoms with Crippen LogP contribution in [0.4, 0.5) is 5.69 Å². The van der Waals surface area contributed by atoms with Gasteiger partial charge in [0.05, 0.1) is 23.8 Å². The Balaban J connectivity index is 1.55. The van der Waals surface area contributed by atoms with Crippen LogP contribution in [0.25, 0.3) is 0 Å². The van der Waals surface area contributed by atoms with E-state index < -0.39 is 10.0 Å². The van der Waals surface area contributed by atoms with Crippen molar-refractivity contribution in [3.63, 3.8) is 0 Å². The first-order valence-corrected chi connectivity index (χ1v) is 11.6. The van der Waals surface area contributed by atoms with Gasteiger partial charge in [0.15, 0.2) is 0 Å². The summed E-state index contributed by atoms with van der Waals surface area (Å²) in [6.07, 6.45) is 0.543. The lowest BCUT2D eigenvalue weighted by Crippen LogP contribution is -2.24. The van der Waals surface area contributed by atoms with E-state index >= 15 is 0 Å². The molecule has 1 N–H and O–H groups in total. The summed E-state index contributed by atoms with van der Waals surface area (Å²) in [6, 6.07) is 22.5. The van der Waals surface area contributed by atoms with Crippen LogP contribution in [-0.2, 0) is 14.8 Å². The SMILES string of the molecule is COc1cccc(C2CC(c3ccc(NS(=O)(=O)c4ccccc4)cc3)=NN2C(C)=O)c1. The molecule has 0 saturated heterocycles. The fraction of sp³-hybridized carbons (Fsp3) is 0.167. The van der Waals surface area contributed by atoms with Crippen LogP contribution in [0.3, 0.4) is 0 Å². The molecule has 7 nitrogen and oxygen atoms in total.